The number of allylic oxidation sites excluding steroid dienone is 7. The lowest BCUT2D eigenvalue weighted by Gasteiger charge is -2.20. The van der Waals surface area contributed by atoms with E-state index in [1.807, 2.05) is 6.08 Å². The molecule has 3 N–H and O–H groups in total. The van der Waals surface area contributed by atoms with E-state index in [0.717, 1.165) is 51.4 Å². The van der Waals surface area contributed by atoms with E-state index in [4.69, 9.17) is 4.74 Å². The molecule has 0 saturated heterocycles. The van der Waals surface area contributed by atoms with Gasteiger partial charge in [0.1, 0.15) is 0 Å². The summed E-state index contributed by atoms with van der Waals surface area (Å²) in [6.07, 6.45) is 89.0. The molecule has 79 heavy (non-hydrogen) atoms. The second-order valence-corrected chi connectivity index (χ2v) is 24.2. The Hall–Kier alpha value is -2.18. The van der Waals surface area contributed by atoms with Crippen LogP contribution in [-0.2, 0) is 14.3 Å². The molecule has 0 aliphatic rings. The Morgan fingerprint density at radius 2 is 0.658 bits per heavy atom. The largest absolute Gasteiger partial charge is 0.466 e. The van der Waals surface area contributed by atoms with Gasteiger partial charge in [-0.3, -0.25) is 9.59 Å². The Morgan fingerprint density at radius 3 is 1.03 bits per heavy atom. The summed E-state index contributed by atoms with van der Waals surface area (Å²) in [7, 11) is 0. The Kier molecular flexibility index (Phi) is 66.4. The molecule has 0 aromatic heterocycles. The lowest BCUT2D eigenvalue weighted by atomic mass is 10.0. The molecule has 6 heteroatoms. The summed E-state index contributed by atoms with van der Waals surface area (Å²) >= 11 is 0. The molecule has 464 valence electrons. The lowest BCUT2D eigenvalue weighted by molar-refractivity contribution is -0.143. The van der Waals surface area contributed by atoms with E-state index >= 15 is 0 Å². The fourth-order valence-corrected chi connectivity index (χ4v) is 10.9. The third-order valence-electron chi connectivity index (χ3n) is 16.3. The van der Waals surface area contributed by atoms with Crippen molar-refractivity contribution in [1.82, 2.24) is 5.32 Å². The predicted molar refractivity (Wildman–Crippen MR) is 347 cm³/mol. The Balaban J connectivity index is 3.44. The molecule has 0 heterocycles. The number of ether oxygens (including phenoxy) is 1. The molecule has 0 radical (unpaired) electrons. The standard InChI is InChI=1S/C73H137NO5/c1-3-5-7-9-11-13-15-17-18-19-20-21-22-26-29-32-35-38-42-45-49-53-57-61-65-71(76)70(69-75)74-72(77)66-62-58-54-50-46-43-39-36-33-30-27-24-23-25-28-31-34-37-40-44-48-52-56-60-64-68-79-73(78)67-63-59-55-51-47-41-16-14-12-10-8-6-4-2/h8,10,14,16,24,27,61,65,70-71,75-76H,3-7,9,11-13,15,17-23,25-26,28-60,62-64,66-69H2,1-2H3,(H,74,77)/b10-8-,16-14-,27-24-,65-61+. The second-order valence-electron chi connectivity index (χ2n) is 24.2. The first-order chi connectivity index (χ1) is 39.0. The first kappa shape index (κ1) is 76.8. The number of carbonyl (C=O) groups excluding carboxylic acids is 2. The fraction of sp³-hybridized carbons (Fsp3) is 0.863. The SMILES string of the molecule is CCC/C=C\C/C=C\CCCCCCCC(=O)OCCCCCCCCCCCCCC/C=C\CCCCCCCCCCCC(=O)NC(CO)C(O)/C=C/CCCCCCCCCCCCCCCCCCCCCCCC. The van der Waals surface area contributed by atoms with Gasteiger partial charge in [-0.05, 0) is 83.5 Å². The number of aliphatic hydroxyl groups excluding tert-OH is 2. The van der Waals surface area contributed by atoms with E-state index in [1.165, 1.54) is 302 Å². The van der Waals surface area contributed by atoms with Crippen molar-refractivity contribution in [2.45, 2.75) is 392 Å². The molecule has 0 aromatic carbocycles. The van der Waals surface area contributed by atoms with Crippen LogP contribution in [0.15, 0.2) is 48.6 Å². The smallest absolute Gasteiger partial charge is 0.305 e. The van der Waals surface area contributed by atoms with E-state index in [0.29, 0.717) is 19.4 Å². The molecule has 2 unspecified atom stereocenters. The molecule has 0 spiro atoms. The average Bonchev–Trinajstić information content (AvgIpc) is 3.45. The third-order valence-corrected chi connectivity index (χ3v) is 16.3. The van der Waals surface area contributed by atoms with E-state index in [2.05, 4.69) is 55.6 Å². The van der Waals surface area contributed by atoms with Crippen LogP contribution in [0.3, 0.4) is 0 Å². The van der Waals surface area contributed by atoms with Crippen molar-refractivity contribution in [3.05, 3.63) is 48.6 Å². The molecule has 0 aliphatic heterocycles. The van der Waals surface area contributed by atoms with Gasteiger partial charge in [-0.2, -0.15) is 0 Å². The number of unbranched alkanes of at least 4 members (excludes halogenated alkanes) is 49. The van der Waals surface area contributed by atoms with E-state index in [9.17, 15) is 19.8 Å². The number of hydrogen-bond donors (Lipinski definition) is 3. The normalized spacial score (nSPS) is 12.8. The maximum absolute atomic E-state index is 12.5. The minimum Gasteiger partial charge on any atom is -0.466 e. The van der Waals surface area contributed by atoms with Crippen molar-refractivity contribution in [1.29, 1.82) is 0 Å². The molecule has 2 atom stereocenters. The monoisotopic (exact) mass is 1110 g/mol. The van der Waals surface area contributed by atoms with Crippen molar-refractivity contribution in [2.24, 2.45) is 0 Å². The quantitative estimate of drug-likeness (QED) is 0.0320. The van der Waals surface area contributed by atoms with Crippen LogP contribution in [0.4, 0.5) is 0 Å². The van der Waals surface area contributed by atoms with Crippen molar-refractivity contribution >= 4 is 11.9 Å². The Labute approximate surface area is 493 Å². The zero-order valence-corrected chi connectivity index (χ0v) is 53.1. The summed E-state index contributed by atoms with van der Waals surface area (Å²) in [4.78, 5) is 24.6. The number of esters is 1. The summed E-state index contributed by atoms with van der Waals surface area (Å²) in [5, 5.41) is 23.3. The highest BCUT2D eigenvalue weighted by atomic mass is 16.5. The molecule has 0 fully saturated rings. The van der Waals surface area contributed by atoms with Gasteiger partial charge in [-0.25, -0.2) is 0 Å². The molecule has 0 bridgehead atoms. The van der Waals surface area contributed by atoms with Crippen LogP contribution >= 0.6 is 0 Å². The number of amides is 1. The summed E-state index contributed by atoms with van der Waals surface area (Å²) in [5.74, 6) is -0.0699. The van der Waals surface area contributed by atoms with Gasteiger partial charge in [0.05, 0.1) is 25.4 Å². The molecule has 1 amide bonds. The number of aliphatic hydroxyl groups is 2. The van der Waals surface area contributed by atoms with Crippen LogP contribution in [0.25, 0.3) is 0 Å². The van der Waals surface area contributed by atoms with Crippen molar-refractivity contribution in [3.63, 3.8) is 0 Å². The van der Waals surface area contributed by atoms with E-state index in [1.54, 1.807) is 6.08 Å². The molecule has 0 saturated carbocycles. The predicted octanol–water partition coefficient (Wildman–Crippen LogP) is 22.9. The zero-order chi connectivity index (χ0) is 57.1. The second kappa shape index (κ2) is 68.3. The molecular formula is C73H137NO5. The molecular weight excluding hydrogens is 971 g/mol. The highest BCUT2D eigenvalue weighted by Gasteiger charge is 2.18. The highest BCUT2D eigenvalue weighted by Crippen LogP contribution is 2.18. The summed E-state index contributed by atoms with van der Waals surface area (Å²) in [6.45, 7) is 4.86. The van der Waals surface area contributed by atoms with Crippen LogP contribution < -0.4 is 5.32 Å². The highest BCUT2D eigenvalue weighted by molar-refractivity contribution is 5.76. The molecule has 0 aliphatic carbocycles. The van der Waals surface area contributed by atoms with Crippen LogP contribution in [0.2, 0.25) is 0 Å². The minimum absolute atomic E-state index is 0.00221. The molecule has 0 rings (SSSR count). The van der Waals surface area contributed by atoms with Crippen molar-refractivity contribution in [2.75, 3.05) is 13.2 Å². The van der Waals surface area contributed by atoms with E-state index < -0.39 is 12.1 Å². The summed E-state index contributed by atoms with van der Waals surface area (Å²) in [5.41, 5.74) is 0. The fourth-order valence-electron chi connectivity index (χ4n) is 10.9. The van der Waals surface area contributed by atoms with Gasteiger partial charge in [0, 0.05) is 12.8 Å². The average molecular weight is 1110 g/mol. The molecule has 0 aromatic rings. The zero-order valence-electron chi connectivity index (χ0n) is 53.1. The van der Waals surface area contributed by atoms with Crippen LogP contribution in [0.1, 0.15) is 380 Å². The first-order valence-electron chi connectivity index (χ1n) is 35.4. The maximum atomic E-state index is 12.5. The van der Waals surface area contributed by atoms with Gasteiger partial charge in [0.2, 0.25) is 5.91 Å². The maximum Gasteiger partial charge on any atom is 0.305 e. The van der Waals surface area contributed by atoms with Crippen LogP contribution in [0, 0.1) is 0 Å². The van der Waals surface area contributed by atoms with Crippen molar-refractivity contribution in [3.8, 4) is 0 Å². The molecule has 6 nitrogen and oxygen atoms in total. The number of carbonyl (C=O) groups is 2. The van der Waals surface area contributed by atoms with E-state index in [-0.39, 0.29) is 18.5 Å². The number of rotatable bonds is 66. The Bertz CT molecular complexity index is 1320. The van der Waals surface area contributed by atoms with Gasteiger partial charge in [-0.15, -0.1) is 0 Å². The van der Waals surface area contributed by atoms with Gasteiger partial charge in [-0.1, -0.05) is 332 Å². The van der Waals surface area contributed by atoms with Crippen LogP contribution in [-0.4, -0.2) is 47.4 Å². The number of nitrogens with one attached hydrogen (secondary N) is 1. The summed E-state index contributed by atoms with van der Waals surface area (Å²) < 4.78 is 5.47. The van der Waals surface area contributed by atoms with Gasteiger partial charge in [0.15, 0.2) is 0 Å². The Morgan fingerprint density at radius 1 is 0.354 bits per heavy atom. The van der Waals surface area contributed by atoms with Gasteiger partial charge >= 0.3 is 5.97 Å². The third kappa shape index (κ3) is 64.8. The van der Waals surface area contributed by atoms with Gasteiger partial charge < -0.3 is 20.3 Å². The topological polar surface area (TPSA) is 95.9 Å². The summed E-state index contributed by atoms with van der Waals surface area (Å²) in [6, 6.07) is -0.632. The number of hydrogen-bond acceptors (Lipinski definition) is 5. The first-order valence-corrected chi connectivity index (χ1v) is 35.4. The van der Waals surface area contributed by atoms with Crippen LogP contribution in [0.5, 0.6) is 0 Å². The lowest BCUT2D eigenvalue weighted by Crippen LogP contribution is -2.45. The van der Waals surface area contributed by atoms with Gasteiger partial charge in [0.25, 0.3) is 0 Å². The van der Waals surface area contributed by atoms with Crippen molar-refractivity contribution < 1.29 is 24.5 Å². The minimum atomic E-state index is -0.849.